The second-order valence-electron chi connectivity index (χ2n) is 18.2. The fourth-order valence-electron chi connectivity index (χ4n) is 8.57. The number of unbranched alkanes of at least 4 members (excludes halogenated alkanes) is 24. The Balaban J connectivity index is 1.55. The highest BCUT2D eigenvalue weighted by molar-refractivity contribution is 7.53. The molecule has 3 aromatic rings. The van der Waals surface area contributed by atoms with Crippen molar-refractivity contribution in [2.75, 3.05) is 25.6 Å². The maximum atomic E-state index is 14.1. The van der Waals surface area contributed by atoms with Crippen molar-refractivity contribution >= 4 is 47.3 Å². The number of aromatic nitrogens is 3. The van der Waals surface area contributed by atoms with Gasteiger partial charge in [-0.25, -0.2) is 9.97 Å². The molecular formula is C52H89N4O8P. The third-order valence-corrected chi connectivity index (χ3v) is 14.6. The van der Waals surface area contributed by atoms with Crippen molar-refractivity contribution in [3.05, 3.63) is 30.1 Å². The van der Waals surface area contributed by atoms with Gasteiger partial charge < -0.3 is 33.9 Å². The van der Waals surface area contributed by atoms with Crippen LogP contribution in [0.1, 0.15) is 220 Å². The standard InChI is InChI=1S/C52H89N4O8P/c1-5-9-11-13-15-17-19-21-23-25-27-29-31-37-48(57)62-40-43(64-49(58)38-32-30-28-26-24-22-20-18-16-14-12-10-6-2)41-63-65(59,60)44(7-3)39-56-47(42-61-8-4)55-50-51(56)45-35-33-34-36-46(45)54-52(50)53/h33-36,43-44H,5-32,37-42H2,1-4H3,(H2,53,54)(H,59,60)/t43-,44?/m1/s1. The number of para-hydroxylation sites is 1. The van der Waals surface area contributed by atoms with Gasteiger partial charge in [-0.2, -0.15) is 0 Å². The second-order valence-corrected chi connectivity index (χ2v) is 20.3. The molecule has 0 aliphatic heterocycles. The number of carbonyl (C=O) groups is 2. The lowest BCUT2D eigenvalue weighted by molar-refractivity contribution is -0.161. The van der Waals surface area contributed by atoms with Crippen molar-refractivity contribution < 1.29 is 37.8 Å². The summed E-state index contributed by atoms with van der Waals surface area (Å²) >= 11 is 0. The number of anilines is 1. The zero-order valence-electron chi connectivity index (χ0n) is 41.2. The third kappa shape index (κ3) is 22.5. The molecule has 2 aromatic heterocycles. The van der Waals surface area contributed by atoms with E-state index in [-0.39, 0.29) is 44.4 Å². The van der Waals surface area contributed by atoms with E-state index in [1.54, 1.807) is 0 Å². The number of carbonyl (C=O) groups excluding carboxylic acids is 2. The van der Waals surface area contributed by atoms with Crippen LogP contribution < -0.4 is 5.73 Å². The number of nitrogens with two attached hydrogens (primary N) is 1. The first-order chi connectivity index (χ1) is 31.6. The molecule has 3 atom stereocenters. The fraction of sp³-hybridized carbons (Fsp3) is 0.769. The van der Waals surface area contributed by atoms with E-state index in [0.717, 1.165) is 43.9 Å². The molecule has 0 saturated carbocycles. The van der Waals surface area contributed by atoms with E-state index in [1.165, 1.54) is 122 Å². The van der Waals surface area contributed by atoms with Crippen LogP contribution >= 0.6 is 7.60 Å². The predicted octanol–water partition coefficient (Wildman–Crippen LogP) is 14.1. The molecule has 65 heavy (non-hydrogen) atoms. The molecule has 0 saturated heterocycles. The molecule has 0 bridgehead atoms. The summed E-state index contributed by atoms with van der Waals surface area (Å²) in [6.07, 6.45) is 31.1. The Kier molecular flexibility index (Phi) is 29.7. The molecular weight excluding hydrogens is 840 g/mol. The number of hydrogen-bond donors (Lipinski definition) is 2. The van der Waals surface area contributed by atoms with E-state index in [0.29, 0.717) is 41.8 Å². The minimum absolute atomic E-state index is 0.0915. The van der Waals surface area contributed by atoms with Gasteiger partial charge in [0.15, 0.2) is 11.9 Å². The van der Waals surface area contributed by atoms with Crippen molar-refractivity contribution in [2.45, 2.75) is 239 Å². The number of nitrogens with zero attached hydrogens (tertiary/aromatic N) is 3. The SMILES string of the molecule is CCCCCCCCCCCCCCCC(=O)OC[C@H](COP(=O)(O)C(CC)Cn1c(COCC)nc2c(N)nc3ccccc3c21)OC(=O)CCCCCCCCCCCCCCC. The van der Waals surface area contributed by atoms with Gasteiger partial charge in [0.1, 0.15) is 24.6 Å². The van der Waals surface area contributed by atoms with Gasteiger partial charge in [-0.3, -0.25) is 14.2 Å². The first-order valence-electron chi connectivity index (χ1n) is 26.1. The van der Waals surface area contributed by atoms with Gasteiger partial charge in [0, 0.05) is 31.4 Å². The lowest BCUT2D eigenvalue weighted by Crippen LogP contribution is -2.30. The van der Waals surface area contributed by atoms with E-state index in [9.17, 15) is 19.0 Å². The summed E-state index contributed by atoms with van der Waals surface area (Å²) in [5.74, 6) is 0.0101. The molecule has 12 nitrogen and oxygen atoms in total. The molecule has 0 aliphatic carbocycles. The molecule has 0 radical (unpaired) electrons. The van der Waals surface area contributed by atoms with Gasteiger partial charge in [-0.1, -0.05) is 193 Å². The van der Waals surface area contributed by atoms with Crippen LogP contribution in [0.5, 0.6) is 0 Å². The number of esters is 2. The largest absolute Gasteiger partial charge is 0.462 e. The van der Waals surface area contributed by atoms with Gasteiger partial charge in [0.25, 0.3) is 0 Å². The van der Waals surface area contributed by atoms with E-state index in [2.05, 4.69) is 18.8 Å². The van der Waals surface area contributed by atoms with Gasteiger partial charge in [-0.05, 0) is 32.3 Å². The summed E-state index contributed by atoms with van der Waals surface area (Å²) in [7, 11) is -4.35. The molecule has 3 N–H and O–H groups in total. The van der Waals surface area contributed by atoms with Crippen molar-refractivity contribution in [1.82, 2.24) is 14.5 Å². The number of nitrogen functional groups attached to an aromatic ring is 1. The third-order valence-electron chi connectivity index (χ3n) is 12.6. The predicted molar refractivity (Wildman–Crippen MR) is 266 cm³/mol. The number of pyridine rings is 1. The maximum Gasteiger partial charge on any atom is 0.333 e. The molecule has 1 aromatic carbocycles. The van der Waals surface area contributed by atoms with Crippen LogP contribution in [0, 0.1) is 0 Å². The number of imidazole rings is 1. The smallest absolute Gasteiger partial charge is 0.333 e. The van der Waals surface area contributed by atoms with Crippen LogP contribution in [0.4, 0.5) is 5.82 Å². The van der Waals surface area contributed by atoms with Gasteiger partial charge in [0.2, 0.25) is 0 Å². The Morgan fingerprint density at radius 1 is 0.677 bits per heavy atom. The van der Waals surface area contributed by atoms with Gasteiger partial charge >= 0.3 is 19.5 Å². The average Bonchev–Trinajstić information content (AvgIpc) is 3.67. The Bertz CT molecular complexity index is 1790. The highest BCUT2D eigenvalue weighted by atomic mass is 31.2. The van der Waals surface area contributed by atoms with E-state index >= 15 is 0 Å². The molecule has 0 aliphatic rings. The van der Waals surface area contributed by atoms with Crippen LogP contribution in [-0.4, -0.2) is 63.0 Å². The lowest BCUT2D eigenvalue weighted by atomic mass is 10.0. The molecule has 370 valence electrons. The zero-order valence-corrected chi connectivity index (χ0v) is 42.1. The topological polar surface area (TPSA) is 165 Å². The van der Waals surface area contributed by atoms with E-state index < -0.39 is 31.9 Å². The van der Waals surface area contributed by atoms with Crippen molar-refractivity contribution in [2.24, 2.45) is 0 Å². The molecule has 2 unspecified atom stereocenters. The minimum Gasteiger partial charge on any atom is -0.462 e. The molecule has 0 amide bonds. The Morgan fingerprint density at radius 2 is 1.17 bits per heavy atom. The fourth-order valence-corrected chi connectivity index (χ4v) is 9.99. The summed E-state index contributed by atoms with van der Waals surface area (Å²) in [6, 6.07) is 7.59. The molecule has 13 heteroatoms. The summed E-state index contributed by atoms with van der Waals surface area (Å²) in [6.45, 7) is 8.31. The average molecular weight is 929 g/mol. The summed E-state index contributed by atoms with van der Waals surface area (Å²) < 4.78 is 39.0. The van der Waals surface area contributed by atoms with Gasteiger partial charge in [0.05, 0.1) is 23.3 Å². The number of fused-ring (bicyclic) bond motifs is 3. The maximum absolute atomic E-state index is 14.1. The number of benzene rings is 1. The van der Waals surface area contributed by atoms with Crippen LogP contribution in [0.2, 0.25) is 0 Å². The first kappa shape index (κ1) is 56.3. The Hall–Kier alpha value is -3.05. The van der Waals surface area contributed by atoms with Crippen LogP contribution in [0.25, 0.3) is 21.9 Å². The van der Waals surface area contributed by atoms with E-state index in [4.69, 9.17) is 29.5 Å². The quantitative estimate of drug-likeness (QED) is 0.0316. The minimum atomic E-state index is -4.35. The zero-order chi connectivity index (χ0) is 47.0. The molecule has 3 rings (SSSR count). The van der Waals surface area contributed by atoms with E-state index in [1.807, 2.05) is 42.7 Å². The van der Waals surface area contributed by atoms with Crippen LogP contribution in [0.15, 0.2) is 24.3 Å². The van der Waals surface area contributed by atoms with Crippen LogP contribution in [0.3, 0.4) is 0 Å². The Morgan fingerprint density at radius 3 is 1.68 bits per heavy atom. The van der Waals surface area contributed by atoms with Crippen LogP contribution in [-0.2, 0) is 46.0 Å². The van der Waals surface area contributed by atoms with Crippen molar-refractivity contribution in [1.29, 1.82) is 0 Å². The van der Waals surface area contributed by atoms with Gasteiger partial charge in [-0.15, -0.1) is 0 Å². The summed E-state index contributed by atoms with van der Waals surface area (Å²) in [5.41, 5.74) is 7.42. The monoisotopic (exact) mass is 929 g/mol. The number of ether oxygens (including phenoxy) is 3. The lowest BCUT2D eigenvalue weighted by Gasteiger charge is -2.25. The number of hydrogen-bond acceptors (Lipinski definition) is 10. The molecule has 0 spiro atoms. The van der Waals surface area contributed by atoms with Crippen molar-refractivity contribution in [3.63, 3.8) is 0 Å². The molecule has 2 heterocycles. The normalized spacial score (nSPS) is 13.6. The Labute approximate surface area is 392 Å². The second kappa shape index (κ2) is 34.3. The summed E-state index contributed by atoms with van der Waals surface area (Å²) in [4.78, 5) is 46.9. The van der Waals surface area contributed by atoms with Crippen molar-refractivity contribution in [3.8, 4) is 0 Å². The first-order valence-corrected chi connectivity index (χ1v) is 27.7. The highest BCUT2D eigenvalue weighted by Gasteiger charge is 2.35. The highest BCUT2D eigenvalue weighted by Crippen LogP contribution is 2.50. The molecule has 0 fully saturated rings. The number of rotatable bonds is 41. The summed E-state index contributed by atoms with van der Waals surface area (Å²) in [5, 5.41) is 0.812.